The smallest absolute Gasteiger partial charge is 0.308 e. The van der Waals surface area contributed by atoms with Crippen molar-refractivity contribution in [2.45, 2.75) is 19.0 Å². The van der Waals surface area contributed by atoms with Crippen molar-refractivity contribution in [2.75, 3.05) is 18.8 Å². The molecule has 1 aromatic heterocycles. The number of aromatic nitrogens is 2. The van der Waals surface area contributed by atoms with Gasteiger partial charge in [-0.15, -0.1) is 0 Å². The molecule has 0 radical (unpaired) electrons. The molecule has 1 aromatic carbocycles. The third kappa shape index (κ3) is 3.73. The number of halogens is 1. The normalized spacial score (nSPS) is 19.7. The van der Waals surface area contributed by atoms with Gasteiger partial charge in [-0.2, -0.15) is 0 Å². The Hall–Kier alpha value is -1.99. The van der Waals surface area contributed by atoms with Crippen LogP contribution in [0.15, 0.2) is 35.7 Å². The lowest BCUT2D eigenvalue weighted by Crippen LogP contribution is -2.31. The molecule has 1 saturated heterocycles. The number of carbonyl (C=O) groups excluding carboxylic acids is 1. The largest absolute Gasteiger partial charge is 0.481 e. The van der Waals surface area contributed by atoms with Crippen molar-refractivity contribution in [3.05, 3.63) is 41.2 Å². The highest BCUT2D eigenvalue weighted by Crippen LogP contribution is 2.28. The summed E-state index contributed by atoms with van der Waals surface area (Å²) in [5, 5.41) is 10.6. The number of hydrogen-bond donors (Lipinski definition) is 1. The van der Waals surface area contributed by atoms with Crippen molar-refractivity contribution in [1.82, 2.24) is 14.5 Å². The Kier molecular flexibility index (Phi) is 5.58. The van der Waals surface area contributed by atoms with E-state index in [4.69, 9.17) is 11.6 Å². The summed E-state index contributed by atoms with van der Waals surface area (Å²) < 4.78 is 1.91. The second-order valence-corrected chi connectivity index (χ2v) is 7.82. The van der Waals surface area contributed by atoms with Crippen LogP contribution in [0.2, 0.25) is 5.02 Å². The topological polar surface area (TPSA) is 75.4 Å². The molecule has 1 aliphatic rings. The molecule has 6 nitrogen and oxygen atoms in total. The van der Waals surface area contributed by atoms with Crippen LogP contribution in [-0.4, -0.2) is 50.3 Å². The van der Waals surface area contributed by atoms with Crippen LogP contribution < -0.4 is 0 Å². The molecule has 3 rings (SSSR count). The highest BCUT2D eigenvalue weighted by molar-refractivity contribution is 7.99. The van der Waals surface area contributed by atoms with Crippen LogP contribution in [0.25, 0.3) is 5.69 Å². The van der Waals surface area contributed by atoms with Gasteiger partial charge >= 0.3 is 5.97 Å². The number of amides is 1. The maximum Gasteiger partial charge on any atom is 0.308 e. The van der Waals surface area contributed by atoms with Gasteiger partial charge in [0.25, 0.3) is 0 Å². The fraction of sp³-hybridized carbons (Fsp3) is 0.389. The Morgan fingerprint density at radius 3 is 2.85 bits per heavy atom. The minimum Gasteiger partial charge on any atom is -0.481 e. The van der Waals surface area contributed by atoms with Gasteiger partial charge in [-0.25, -0.2) is 4.98 Å². The lowest BCUT2D eigenvalue weighted by atomic mass is 9.99. The van der Waals surface area contributed by atoms with Gasteiger partial charge in [-0.05, 0) is 30.5 Å². The number of carbonyl (C=O) groups is 2. The van der Waals surface area contributed by atoms with Crippen LogP contribution >= 0.6 is 23.4 Å². The van der Waals surface area contributed by atoms with Gasteiger partial charge < -0.3 is 10.0 Å². The number of likely N-dealkylation sites (tertiary alicyclic amines) is 1. The molecule has 2 heterocycles. The average molecular weight is 394 g/mol. The molecule has 8 heteroatoms. The van der Waals surface area contributed by atoms with Crippen LogP contribution in [-0.2, 0) is 9.59 Å². The van der Waals surface area contributed by atoms with Crippen LogP contribution in [0, 0.1) is 18.8 Å². The fourth-order valence-electron chi connectivity index (χ4n) is 3.15. The zero-order valence-corrected chi connectivity index (χ0v) is 16.1. The van der Waals surface area contributed by atoms with E-state index in [-0.39, 0.29) is 24.1 Å². The number of nitrogens with zero attached hydrogens (tertiary/aromatic N) is 3. The minimum atomic E-state index is -0.840. The van der Waals surface area contributed by atoms with Crippen molar-refractivity contribution >= 4 is 35.2 Å². The Morgan fingerprint density at radius 1 is 1.38 bits per heavy atom. The SMILES string of the molecule is Cc1c(Cl)cccc1-n1ccnc1SCC(=O)N1C[C@@H](C)[C@H](C(=O)O)C1. The first-order valence-corrected chi connectivity index (χ1v) is 9.67. The summed E-state index contributed by atoms with van der Waals surface area (Å²) in [5.41, 5.74) is 1.86. The minimum absolute atomic E-state index is 0.0300. The van der Waals surface area contributed by atoms with E-state index in [9.17, 15) is 14.7 Å². The molecule has 0 saturated carbocycles. The lowest BCUT2D eigenvalue weighted by Gasteiger charge is -2.16. The number of hydrogen-bond acceptors (Lipinski definition) is 4. The van der Waals surface area contributed by atoms with Crippen LogP contribution in [0.3, 0.4) is 0 Å². The molecule has 0 spiro atoms. The van der Waals surface area contributed by atoms with Gasteiger partial charge in [0.1, 0.15) is 0 Å². The Labute approximate surface area is 161 Å². The van der Waals surface area contributed by atoms with Gasteiger partial charge in [0.15, 0.2) is 5.16 Å². The number of aliphatic carboxylic acids is 1. The van der Waals surface area contributed by atoms with Crippen molar-refractivity contribution < 1.29 is 14.7 Å². The Balaban J connectivity index is 1.68. The van der Waals surface area contributed by atoms with Crippen LogP contribution in [0.5, 0.6) is 0 Å². The number of carboxylic acid groups (broad SMARTS) is 1. The number of imidazole rings is 1. The third-order valence-electron chi connectivity index (χ3n) is 4.71. The first kappa shape index (κ1) is 18.8. The maximum atomic E-state index is 12.5. The van der Waals surface area contributed by atoms with E-state index in [1.165, 1.54) is 11.8 Å². The zero-order chi connectivity index (χ0) is 18.8. The van der Waals surface area contributed by atoms with Crippen LogP contribution in [0.4, 0.5) is 0 Å². The number of carboxylic acids is 1. The lowest BCUT2D eigenvalue weighted by molar-refractivity contribution is -0.142. The van der Waals surface area contributed by atoms with Crippen molar-refractivity contribution in [3.8, 4) is 5.69 Å². The van der Waals surface area contributed by atoms with E-state index in [0.29, 0.717) is 16.7 Å². The number of benzene rings is 1. The first-order chi connectivity index (χ1) is 12.4. The molecule has 1 fully saturated rings. The highest BCUT2D eigenvalue weighted by Gasteiger charge is 2.36. The molecule has 2 aromatic rings. The quantitative estimate of drug-likeness (QED) is 0.790. The van der Waals surface area contributed by atoms with Gasteiger partial charge in [-0.3, -0.25) is 14.2 Å². The van der Waals surface area contributed by atoms with E-state index in [1.54, 1.807) is 11.1 Å². The average Bonchev–Trinajstić information content (AvgIpc) is 3.21. The maximum absolute atomic E-state index is 12.5. The van der Waals surface area contributed by atoms with Crippen molar-refractivity contribution in [3.63, 3.8) is 0 Å². The predicted octanol–water partition coefficient (Wildman–Crippen LogP) is 3.11. The third-order valence-corrected chi connectivity index (χ3v) is 6.07. The molecular weight excluding hydrogens is 374 g/mol. The Bertz CT molecular complexity index is 839. The summed E-state index contributed by atoms with van der Waals surface area (Å²) in [4.78, 5) is 29.7. The van der Waals surface area contributed by atoms with E-state index >= 15 is 0 Å². The predicted molar refractivity (Wildman–Crippen MR) is 101 cm³/mol. The number of rotatable bonds is 5. The van der Waals surface area contributed by atoms with E-state index in [1.807, 2.05) is 42.8 Å². The Morgan fingerprint density at radius 2 is 2.15 bits per heavy atom. The van der Waals surface area contributed by atoms with Gasteiger partial charge in [-0.1, -0.05) is 36.4 Å². The van der Waals surface area contributed by atoms with Crippen molar-refractivity contribution in [2.24, 2.45) is 11.8 Å². The van der Waals surface area contributed by atoms with E-state index in [0.717, 1.165) is 11.3 Å². The molecule has 26 heavy (non-hydrogen) atoms. The van der Waals surface area contributed by atoms with Crippen molar-refractivity contribution in [1.29, 1.82) is 0 Å². The molecule has 1 aliphatic heterocycles. The molecule has 0 aliphatic carbocycles. The van der Waals surface area contributed by atoms with Gasteiger partial charge in [0, 0.05) is 30.5 Å². The molecule has 0 unspecified atom stereocenters. The monoisotopic (exact) mass is 393 g/mol. The summed E-state index contributed by atoms with van der Waals surface area (Å²) in [6, 6.07) is 5.66. The molecule has 2 atom stereocenters. The molecule has 138 valence electrons. The van der Waals surface area contributed by atoms with E-state index < -0.39 is 11.9 Å². The molecule has 1 amide bonds. The van der Waals surface area contributed by atoms with Crippen LogP contribution in [0.1, 0.15) is 12.5 Å². The summed E-state index contributed by atoms with van der Waals surface area (Å²) in [6.45, 7) is 4.57. The summed E-state index contributed by atoms with van der Waals surface area (Å²) in [5.74, 6) is -1.21. The van der Waals surface area contributed by atoms with Gasteiger partial charge in [0.05, 0.1) is 17.4 Å². The second kappa shape index (κ2) is 7.72. The summed E-state index contributed by atoms with van der Waals surface area (Å²) in [6.07, 6.45) is 3.52. The zero-order valence-electron chi connectivity index (χ0n) is 14.6. The molecular formula is C18H20ClN3O3S. The van der Waals surface area contributed by atoms with E-state index in [2.05, 4.69) is 4.98 Å². The summed E-state index contributed by atoms with van der Waals surface area (Å²) in [7, 11) is 0. The standard InChI is InChI=1S/C18H20ClN3O3S/c1-11-8-21(9-13(11)17(24)25)16(23)10-26-18-20-6-7-22(18)15-5-3-4-14(19)12(15)2/h3-7,11,13H,8-10H2,1-2H3,(H,24,25)/t11-,13-/m1/s1. The molecule has 1 N–H and O–H groups in total. The highest BCUT2D eigenvalue weighted by atomic mass is 35.5. The fourth-order valence-corrected chi connectivity index (χ4v) is 4.18. The first-order valence-electron chi connectivity index (χ1n) is 8.30. The number of thioether (sulfide) groups is 1. The van der Waals surface area contributed by atoms with Gasteiger partial charge in [0.2, 0.25) is 5.91 Å². The molecule has 0 bridgehead atoms. The second-order valence-electron chi connectivity index (χ2n) is 6.47. The summed E-state index contributed by atoms with van der Waals surface area (Å²) >= 11 is 7.54.